The van der Waals surface area contributed by atoms with Gasteiger partial charge in [-0.05, 0) is 18.1 Å². The van der Waals surface area contributed by atoms with Crippen LogP contribution in [0.5, 0.6) is 17.2 Å². The Morgan fingerprint density at radius 3 is 2.94 bits per heavy atom. The topological polar surface area (TPSA) is 55.8 Å². The molecule has 0 saturated carbocycles. The smallest absolute Gasteiger partial charge is 0.183 e. The lowest BCUT2D eigenvalue weighted by molar-refractivity contribution is -0.107. The molecule has 1 N–H and O–H groups in total. The van der Waals surface area contributed by atoms with E-state index in [2.05, 4.69) is 0 Å². The average Bonchev–Trinajstić information content (AvgIpc) is 2.32. The second-order valence-corrected chi connectivity index (χ2v) is 3.81. The third kappa shape index (κ3) is 1.93. The Kier molecular flexibility index (Phi) is 3.19. The molecule has 1 aromatic rings. The van der Waals surface area contributed by atoms with Crippen molar-refractivity contribution in [3.05, 3.63) is 16.7 Å². The molecule has 5 heteroatoms. The maximum Gasteiger partial charge on any atom is 0.183 e. The zero-order chi connectivity index (χ0) is 11.5. The first-order valence-corrected chi connectivity index (χ1v) is 5.35. The standard InChI is InChI=1S/C11H11ClO4/c12-9-10(14)7(2-1-3-13)6-8-11(9)16-5-4-15-8/h3,6,14H,1-2,4-5H2. The summed E-state index contributed by atoms with van der Waals surface area (Å²) in [4.78, 5) is 10.3. The Balaban J connectivity index is 2.39. The van der Waals surface area contributed by atoms with Gasteiger partial charge in [0.2, 0.25) is 0 Å². The highest BCUT2D eigenvalue weighted by Crippen LogP contribution is 2.45. The largest absolute Gasteiger partial charge is 0.506 e. The molecule has 0 aliphatic carbocycles. The Morgan fingerprint density at radius 1 is 1.44 bits per heavy atom. The molecule has 16 heavy (non-hydrogen) atoms. The van der Waals surface area contributed by atoms with Gasteiger partial charge in [0.1, 0.15) is 30.3 Å². The second kappa shape index (κ2) is 4.61. The van der Waals surface area contributed by atoms with Crippen LogP contribution in [0.4, 0.5) is 0 Å². The maximum absolute atomic E-state index is 10.3. The molecule has 1 aliphatic heterocycles. The number of ether oxygens (including phenoxy) is 2. The van der Waals surface area contributed by atoms with Gasteiger partial charge in [-0.1, -0.05) is 11.6 Å². The fourth-order valence-corrected chi connectivity index (χ4v) is 1.86. The molecular weight excluding hydrogens is 232 g/mol. The molecule has 0 bridgehead atoms. The highest BCUT2D eigenvalue weighted by atomic mass is 35.5. The minimum atomic E-state index is -0.0345. The van der Waals surface area contributed by atoms with Crippen molar-refractivity contribution in [1.29, 1.82) is 0 Å². The van der Waals surface area contributed by atoms with Crippen molar-refractivity contribution in [2.75, 3.05) is 13.2 Å². The number of hydrogen-bond donors (Lipinski definition) is 1. The molecule has 86 valence electrons. The molecule has 0 atom stereocenters. The van der Waals surface area contributed by atoms with E-state index < -0.39 is 0 Å². The monoisotopic (exact) mass is 242 g/mol. The number of carbonyl (C=O) groups excluding carboxylic acids is 1. The highest BCUT2D eigenvalue weighted by molar-refractivity contribution is 6.33. The summed E-state index contributed by atoms with van der Waals surface area (Å²) in [6.45, 7) is 0.876. The summed E-state index contributed by atoms with van der Waals surface area (Å²) in [5, 5.41) is 9.95. The lowest BCUT2D eigenvalue weighted by atomic mass is 10.1. The molecule has 0 radical (unpaired) electrons. The van der Waals surface area contributed by atoms with Gasteiger partial charge < -0.3 is 19.4 Å². The van der Waals surface area contributed by atoms with E-state index in [4.69, 9.17) is 21.1 Å². The molecule has 0 amide bonds. The maximum atomic E-state index is 10.3. The van der Waals surface area contributed by atoms with E-state index in [1.54, 1.807) is 6.07 Å². The van der Waals surface area contributed by atoms with E-state index in [-0.39, 0.29) is 10.8 Å². The first-order valence-electron chi connectivity index (χ1n) is 4.97. The van der Waals surface area contributed by atoms with Gasteiger partial charge in [-0.3, -0.25) is 0 Å². The number of phenolic OH excluding ortho intramolecular Hbond substituents is 1. The summed E-state index contributed by atoms with van der Waals surface area (Å²) in [6.07, 6.45) is 1.57. The zero-order valence-electron chi connectivity index (χ0n) is 8.53. The van der Waals surface area contributed by atoms with E-state index in [0.717, 1.165) is 6.29 Å². The van der Waals surface area contributed by atoms with E-state index in [1.165, 1.54) is 0 Å². The molecule has 1 aromatic carbocycles. The fourth-order valence-electron chi connectivity index (χ4n) is 1.59. The lowest BCUT2D eigenvalue weighted by Crippen LogP contribution is -2.16. The van der Waals surface area contributed by atoms with Crippen molar-refractivity contribution in [3.63, 3.8) is 0 Å². The van der Waals surface area contributed by atoms with Crippen LogP contribution in [0.3, 0.4) is 0 Å². The van der Waals surface area contributed by atoms with Gasteiger partial charge in [0.15, 0.2) is 11.5 Å². The van der Waals surface area contributed by atoms with Crippen LogP contribution < -0.4 is 9.47 Å². The summed E-state index contributed by atoms with van der Waals surface area (Å²) in [5.41, 5.74) is 0.598. The Morgan fingerprint density at radius 2 is 2.19 bits per heavy atom. The van der Waals surface area contributed by atoms with Crippen LogP contribution in [0, 0.1) is 0 Å². The number of rotatable bonds is 3. The molecule has 0 spiro atoms. The lowest BCUT2D eigenvalue weighted by Gasteiger charge is -2.21. The fraction of sp³-hybridized carbons (Fsp3) is 0.364. The van der Waals surface area contributed by atoms with E-state index in [9.17, 15) is 9.90 Å². The Bertz CT molecular complexity index is 417. The summed E-state index contributed by atoms with van der Waals surface area (Å²) < 4.78 is 10.7. The van der Waals surface area contributed by atoms with Crippen molar-refractivity contribution in [2.45, 2.75) is 12.8 Å². The predicted octanol–water partition coefficient (Wildman–Crippen LogP) is 1.95. The van der Waals surface area contributed by atoms with Gasteiger partial charge in [-0.25, -0.2) is 0 Å². The number of aryl methyl sites for hydroxylation is 1. The minimum absolute atomic E-state index is 0.0345. The molecule has 0 saturated heterocycles. The minimum Gasteiger partial charge on any atom is -0.506 e. The summed E-state index contributed by atoms with van der Waals surface area (Å²) in [5.74, 6) is 0.864. The molecule has 1 aliphatic rings. The number of hydrogen-bond acceptors (Lipinski definition) is 4. The van der Waals surface area contributed by atoms with Crippen molar-refractivity contribution < 1.29 is 19.4 Å². The van der Waals surface area contributed by atoms with Crippen LogP contribution in [-0.2, 0) is 11.2 Å². The van der Waals surface area contributed by atoms with Crippen LogP contribution in [0.1, 0.15) is 12.0 Å². The zero-order valence-corrected chi connectivity index (χ0v) is 9.29. The second-order valence-electron chi connectivity index (χ2n) is 3.43. The normalized spacial score (nSPS) is 13.6. The highest BCUT2D eigenvalue weighted by Gasteiger charge is 2.21. The summed E-state index contributed by atoms with van der Waals surface area (Å²) >= 11 is 5.95. The Labute approximate surface area is 97.7 Å². The molecule has 1 heterocycles. The van der Waals surface area contributed by atoms with Crippen molar-refractivity contribution >= 4 is 17.9 Å². The molecule has 0 aromatic heterocycles. The Hall–Kier alpha value is -1.42. The predicted molar refractivity (Wildman–Crippen MR) is 58.5 cm³/mol. The number of aldehydes is 1. The summed E-state index contributed by atoms with van der Waals surface area (Å²) in [7, 11) is 0. The molecule has 0 unspecified atom stereocenters. The number of phenols is 1. The number of fused-ring (bicyclic) bond motifs is 1. The number of aromatic hydroxyl groups is 1. The van der Waals surface area contributed by atoms with E-state index in [0.29, 0.717) is 43.1 Å². The number of carbonyl (C=O) groups is 1. The van der Waals surface area contributed by atoms with Gasteiger partial charge in [-0.15, -0.1) is 0 Å². The van der Waals surface area contributed by atoms with Crippen molar-refractivity contribution in [2.24, 2.45) is 0 Å². The molecular formula is C11H11ClO4. The third-order valence-electron chi connectivity index (χ3n) is 2.36. The van der Waals surface area contributed by atoms with Crippen molar-refractivity contribution in [1.82, 2.24) is 0 Å². The van der Waals surface area contributed by atoms with E-state index in [1.807, 2.05) is 0 Å². The first kappa shape index (κ1) is 11.1. The SMILES string of the molecule is O=CCCc1cc2c(c(Cl)c1O)OCCO2. The van der Waals surface area contributed by atoms with Gasteiger partial charge in [0, 0.05) is 6.42 Å². The van der Waals surface area contributed by atoms with Crippen LogP contribution in [0.15, 0.2) is 6.07 Å². The van der Waals surface area contributed by atoms with Gasteiger partial charge in [0.25, 0.3) is 0 Å². The van der Waals surface area contributed by atoms with Gasteiger partial charge in [-0.2, -0.15) is 0 Å². The van der Waals surface area contributed by atoms with Crippen LogP contribution in [0.25, 0.3) is 0 Å². The van der Waals surface area contributed by atoms with Crippen molar-refractivity contribution in [3.8, 4) is 17.2 Å². The van der Waals surface area contributed by atoms with Gasteiger partial charge in [0.05, 0.1) is 0 Å². The van der Waals surface area contributed by atoms with Gasteiger partial charge >= 0.3 is 0 Å². The number of halogens is 1. The average molecular weight is 243 g/mol. The van der Waals surface area contributed by atoms with E-state index >= 15 is 0 Å². The van der Waals surface area contributed by atoms with Crippen LogP contribution in [-0.4, -0.2) is 24.6 Å². The summed E-state index contributed by atoms with van der Waals surface area (Å²) in [6, 6.07) is 1.67. The third-order valence-corrected chi connectivity index (χ3v) is 2.71. The first-order chi connectivity index (χ1) is 7.74. The number of benzene rings is 1. The molecule has 0 fully saturated rings. The van der Waals surface area contributed by atoms with Crippen LogP contribution in [0.2, 0.25) is 5.02 Å². The van der Waals surface area contributed by atoms with Crippen LogP contribution >= 0.6 is 11.6 Å². The molecule has 2 rings (SSSR count). The molecule has 4 nitrogen and oxygen atoms in total. The quantitative estimate of drug-likeness (QED) is 0.823.